The van der Waals surface area contributed by atoms with E-state index in [-0.39, 0.29) is 18.1 Å². The summed E-state index contributed by atoms with van der Waals surface area (Å²) in [5.74, 6) is 0.278. The summed E-state index contributed by atoms with van der Waals surface area (Å²) >= 11 is 0. The lowest BCUT2D eigenvalue weighted by molar-refractivity contribution is -0.130. The van der Waals surface area contributed by atoms with E-state index in [1.54, 1.807) is 18.2 Å². The molecule has 1 aromatic rings. The zero-order chi connectivity index (χ0) is 12.3. The monoisotopic (exact) mass is 231 g/mol. The first-order chi connectivity index (χ1) is 8.16. The number of carbonyl (C=O) groups is 1. The number of benzene rings is 1. The summed E-state index contributed by atoms with van der Waals surface area (Å²) in [4.78, 5) is 13.8. The Balaban J connectivity index is 2.01. The molecule has 0 bridgehead atoms. The number of para-hydroxylation sites is 1. The van der Waals surface area contributed by atoms with Gasteiger partial charge in [0.2, 0.25) is 5.91 Å². The Kier molecular flexibility index (Phi) is 3.47. The third-order valence-electron chi connectivity index (χ3n) is 3.12. The van der Waals surface area contributed by atoms with Crippen LogP contribution in [-0.4, -0.2) is 29.0 Å². The Hall–Kier alpha value is -1.77. The highest BCUT2D eigenvalue weighted by Crippen LogP contribution is 2.18. The maximum absolute atomic E-state index is 12.0. The summed E-state index contributed by atoms with van der Waals surface area (Å²) in [6.45, 7) is 3.57. The van der Waals surface area contributed by atoms with Crippen LogP contribution in [0.4, 0.5) is 0 Å². The molecule has 0 radical (unpaired) electrons. The van der Waals surface area contributed by atoms with Gasteiger partial charge >= 0.3 is 0 Å². The fourth-order valence-electron chi connectivity index (χ4n) is 1.93. The normalized spacial score (nSPS) is 15.6. The fourth-order valence-corrected chi connectivity index (χ4v) is 1.93. The lowest BCUT2D eigenvalue weighted by Crippen LogP contribution is -2.35. The van der Waals surface area contributed by atoms with Crippen LogP contribution in [0.3, 0.4) is 0 Å². The second kappa shape index (κ2) is 5.04. The Labute approximate surface area is 101 Å². The molecule has 1 aliphatic rings. The second-order valence-corrected chi connectivity index (χ2v) is 4.45. The molecule has 0 atom stereocenters. The standard InChI is InChI=1S/C14H17NO2/c1-11-6-8-15(9-7-11)14(17)10-12-4-2-3-5-13(12)16/h2-6,16H,7-10H2,1H3. The molecule has 1 aliphatic heterocycles. The van der Waals surface area contributed by atoms with Crippen LogP contribution in [0.15, 0.2) is 35.9 Å². The van der Waals surface area contributed by atoms with Gasteiger partial charge in [-0.3, -0.25) is 4.79 Å². The molecule has 0 aliphatic carbocycles. The molecule has 0 spiro atoms. The molecule has 2 rings (SSSR count). The summed E-state index contributed by atoms with van der Waals surface area (Å²) < 4.78 is 0. The average molecular weight is 231 g/mol. The van der Waals surface area contributed by atoms with Crippen molar-refractivity contribution in [3.05, 3.63) is 41.5 Å². The Morgan fingerprint density at radius 2 is 2.18 bits per heavy atom. The molecule has 1 aromatic carbocycles. The summed E-state index contributed by atoms with van der Waals surface area (Å²) in [5.41, 5.74) is 2.04. The maximum atomic E-state index is 12.0. The highest BCUT2D eigenvalue weighted by Gasteiger charge is 2.16. The minimum Gasteiger partial charge on any atom is -0.508 e. The Morgan fingerprint density at radius 3 is 2.82 bits per heavy atom. The van der Waals surface area contributed by atoms with Crippen molar-refractivity contribution in [2.75, 3.05) is 13.1 Å². The Bertz CT molecular complexity index is 451. The van der Waals surface area contributed by atoms with Crippen LogP contribution < -0.4 is 0 Å². The molecule has 3 nitrogen and oxygen atoms in total. The van der Waals surface area contributed by atoms with Gasteiger partial charge in [0, 0.05) is 18.7 Å². The van der Waals surface area contributed by atoms with Crippen molar-refractivity contribution in [1.29, 1.82) is 0 Å². The minimum absolute atomic E-state index is 0.0789. The van der Waals surface area contributed by atoms with E-state index in [0.29, 0.717) is 12.1 Å². The predicted octanol–water partition coefficient (Wildman–Crippen LogP) is 2.11. The zero-order valence-electron chi connectivity index (χ0n) is 10.0. The van der Waals surface area contributed by atoms with Crippen LogP contribution in [0, 0.1) is 0 Å². The molecule has 1 heterocycles. The predicted molar refractivity (Wildman–Crippen MR) is 66.8 cm³/mol. The molecule has 17 heavy (non-hydrogen) atoms. The van der Waals surface area contributed by atoms with Gasteiger partial charge in [-0.1, -0.05) is 29.8 Å². The van der Waals surface area contributed by atoms with Gasteiger partial charge in [0.05, 0.1) is 6.42 Å². The number of hydrogen-bond acceptors (Lipinski definition) is 2. The lowest BCUT2D eigenvalue weighted by Gasteiger charge is -2.25. The first-order valence-corrected chi connectivity index (χ1v) is 5.87. The van der Waals surface area contributed by atoms with Gasteiger partial charge in [-0.05, 0) is 19.4 Å². The molecular weight excluding hydrogens is 214 g/mol. The second-order valence-electron chi connectivity index (χ2n) is 4.45. The van der Waals surface area contributed by atoms with Gasteiger partial charge in [0.1, 0.15) is 5.75 Å². The molecular formula is C14H17NO2. The maximum Gasteiger partial charge on any atom is 0.227 e. The number of hydrogen-bond donors (Lipinski definition) is 1. The molecule has 1 amide bonds. The largest absolute Gasteiger partial charge is 0.508 e. The third kappa shape index (κ3) is 2.87. The van der Waals surface area contributed by atoms with Crippen molar-refractivity contribution in [3.8, 4) is 5.75 Å². The van der Waals surface area contributed by atoms with Gasteiger partial charge < -0.3 is 10.0 Å². The number of carbonyl (C=O) groups excluding carboxylic acids is 1. The van der Waals surface area contributed by atoms with Crippen molar-refractivity contribution in [3.63, 3.8) is 0 Å². The number of rotatable bonds is 2. The molecule has 0 fully saturated rings. The zero-order valence-corrected chi connectivity index (χ0v) is 10.0. The molecule has 0 unspecified atom stereocenters. The molecule has 0 saturated heterocycles. The first-order valence-electron chi connectivity index (χ1n) is 5.87. The third-order valence-corrected chi connectivity index (χ3v) is 3.12. The highest BCUT2D eigenvalue weighted by molar-refractivity contribution is 5.79. The number of phenols is 1. The number of amides is 1. The van der Waals surface area contributed by atoms with Crippen LogP contribution in [0.2, 0.25) is 0 Å². The van der Waals surface area contributed by atoms with Crippen LogP contribution in [-0.2, 0) is 11.2 Å². The Morgan fingerprint density at radius 1 is 1.41 bits per heavy atom. The first kappa shape index (κ1) is 11.7. The van der Waals surface area contributed by atoms with E-state index in [0.717, 1.165) is 13.0 Å². The van der Waals surface area contributed by atoms with Crippen LogP contribution >= 0.6 is 0 Å². The average Bonchev–Trinajstić information content (AvgIpc) is 2.33. The van der Waals surface area contributed by atoms with Crippen LogP contribution in [0.25, 0.3) is 0 Å². The summed E-state index contributed by atoms with van der Waals surface area (Å²) in [5, 5.41) is 9.62. The summed E-state index contributed by atoms with van der Waals surface area (Å²) in [6, 6.07) is 7.00. The van der Waals surface area contributed by atoms with Crippen LogP contribution in [0.1, 0.15) is 18.9 Å². The van der Waals surface area contributed by atoms with Gasteiger partial charge in [-0.15, -0.1) is 0 Å². The quantitative estimate of drug-likeness (QED) is 0.792. The summed E-state index contributed by atoms with van der Waals surface area (Å²) in [6.07, 6.45) is 3.32. The lowest BCUT2D eigenvalue weighted by atomic mass is 10.1. The van der Waals surface area contributed by atoms with Gasteiger partial charge in [0.25, 0.3) is 0 Å². The SMILES string of the molecule is CC1=CCN(C(=O)Cc2ccccc2O)CC1. The fraction of sp³-hybridized carbons (Fsp3) is 0.357. The van der Waals surface area contributed by atoms with Gasteiger partial charge in [-0.25, -0.2) is 0 Å². The van der Waals surface area contributed by atoms with E-state index < -0.39 is 0 Å². The topological polar surface area (TPSA) is 40.5 Å². The van der Waals surface area contributed by atoms with Gasteiger partial charge in [0.15, 0.2) is 0 Å². The van der Waals surface area contributed by atoms with Crippen molar-refractivity contribution in [2.24, 2.45) is 0 Å². The van der Waals surface area contributed by atoms with E-state index in [1.165, 1.54) is 5.57 Å². The molecule has 3 heteroatoms. The minimum atomic E-state index is 0.0789. The van der Waals surface area contributed by atoms with Crippen molar-refractivity contribution in [1.82, 2.24) is 4.90 Å². The van der Waals surface area contributed by atoms with E-state index >= 15 is 0 Å². The molecule has 1 N–H and O–H groups in total. The van der Waals surface area contributed by atoms with E-state index in [9.17, 15) is 9.90 Å². The van der Waals surface area contributed by atoms with E-state index in [4.69, 9.17) is 0 Å². The summed E-state index contributed by atoms with van der Waals surface area (Å²) in [7, 11) is 0. The van der Waals surface area contributed by atoms with Crippen LogP contribution in [0.5, 0.6) is 5.75 Å². The molecule has 90 valence electrons. The van der Waals surface area contributed by atoms with E-state index in [1.807, 2.05) is 11.0 Å². The smallest absolute Gasteiger partial charge is 0.227 e. The van der Waals surface area contributed by atoms with Crippen molar-refractivity contribution >= 4 is 5.91 Å². The molecule has 0 saturated carbocycles. The van der Waals surface area contributed by atoms with Crippen molar-refractivity contribution in [2.45, 2.75) is 19.8 Å². The highest BCUT2D eigenvalue weighted by atomic mass is 16.3. The number of nitrogens with zero attached hydrogens (tertiary/aromatic N) is 1. The van der Waals surface area contributed by atoms with Crippen molar-refractivity contribution < 1.29 is 9.90 Å². The van der Waals surface area contributed by atoms with Gasteiger partial charge in [-0.2, -0.15) is 0 Å². The number of aromatic hydroxyl groups is 1. The van der Waals surface area contributed by atoms with E-state index in [2.05, 4.69) is 13.0 Å². The number of phenolic OH excluding ortho intramolecular Hbond substituents is 1. The molecule has 0 aromatic heterocycles.